The molecule has 3 atom stereocenters. The highest BCUT2D eigenvalue weighted by Gasteiger charge is 2.45. The topological polar surface area (TPSA) is 99.3 Å². The Kier molecular flexibility index (Phi) is 5.70. The van der Waals surface area contributed by atoms with Crippen molar-refractivity contribution in [2.75, 3.05) is 31.6 Å². The summed E-state index contributed by atoms with van der Waals surface area (Å²) in [5.74, 6) is -1.91. The highest BCUT2D eigenvalue weighted by Crippen LogP contribution is 2.36. The van der Waals surface area contributed by atoms with Gasteiger partial charge in [-0.25, -0.2) is 0 Å². The lowest BCUT2D eigenvalue weighted by Crippen LogP contribution is -2.60. The van der Waals surface area contributed by atoms with E-state index in [0.29, 0.717) is 29.3 Å². The number of benzene rings is 1. The summed E-state index contributed by atoms with van der Waals surface area (Å²) < 4.78 is 5.72. The molecule has 1 unspecified atom stereocenters. The van der Waals surface area contributed by atoms with Crippen molar-refractivity contribution in [1.29, 1.82) is 0 Å². The first kappa shape index (κ1) is 22.0. The SMILES string of the molecule is CCOC1CN([C@@H]2CCC[C@H]2N(C)c2ccc3c(c2)C(=O)N(C2CCC(=O)NC2=O)C3=O)C1. The van der Waals surface area contributed by atoms with E-state index in [9.17, 15) is 19.2 Å². The molecule has 0 radical (unpaired) electrons. The van der Waals surface area contributed by atoms with E-state index in [-0.39, 0.29) is 18.7 Å². The van der Waals surface area contributed by atoms with Crippen LogP contribution in [0.3, 0.4) is 0 Å². The number of nitrogens with zero attached hydrogens (tertiary/aromatic N) is 3. The van der Waals surface area contributed by atoms with E-state index < -0.39 is 23.8 Å². The van der Waals surface area contributed by atoms with Crippen LogP contribution in [0.1, 0.15) is 59.7 Å². The lowest BCUT2D eigenvalue weighted by molar-refractivity contribution is -0.136. The van der Waals surface area contributed by atoms with Crippen LogP contribution in [0.2, 0.25) is 0 Å². The highest BCUT2D eigenvalue weighted by atomic mass is 16.5. The minimum Gasteiger partial charge on any atom is -0.376 e. The highest BCUT2D eigenvalue weighted by molar-refractivity contribution is 6.23. The number of imide groups is 2. The van der Waals surface area contributed by atoms with Crippen LogP contribution in [-0.2, 0) is 14.3 Å². The molecule has 3 aliphatic heterocycles. The zero-order chi connectivity index (χ0) is 23.3. The Morgan fingerprint density at radius 3 is 2.55 bits per heavy atom. The number of likely N-dealkylation sites (N-methyl/N-ethyl adjacent to an activating group) is 1. The number of nitrogens with one attached hydrogen (secondary N) is 1. The van der Waals surface area contributed by atoms with Gasteiger partial charge in [-0.1, -0.05) is 0 Å². The van der Waals surface area contributed by atoms with Gasteiger partial charge in [-0.3, -0.25) is 34.3 Å². The number of carbonyl (C=O) groups excluding carboxylic acids is 4. The molecule has 1 aromatic carbocycles. The van der Waals surface area contributed by atoms with Crippen molar-refractivity contribution in [3.05, 3.63) is 29.3 Å². The van der Waals surface area contributed by atoms with Crippen molar-refractivity contribution >= 4 is 29.3 Å². The van der Waals surface area contributed by atoms with Crippen LogP contribution in [0.25, 0.3) is 0 Å². The first-order valence-electron chi connectivity index (χ1n) is 11.8. The van der Waals surface area contributed by atoms with Crippen LogP contribution >= 0.6 is 0 Å². The Morgan fingerprint density at radius 1 is 1.06 bits per heavy atom. The number of anilines is 1. The lowest BCUT2D eigenvalue weighted by atomic mass is 10.0. The Labute approximate surface area is 193 Å². The number of carbonyl (C=O) groups is 4. The lowest BCUT2D eigenvalue weighted by Gasteiger charge is -2.46. The second-order valence-electron chi connectivity index (χ2n) is 9.38. The summed E-state index contributed by atoms with van der Waals surface area (Å²) in [7, 11) is 2.05. The van der Waals surface area contributed by atoms with Gasteiger partial charge < -0.3 is 9.64 Å². The number of hydrogen-bond donors (Lipinski definition) is 1. The molecule has 176 valence electrons. The van der Waals surface area contributed by atoms with E-state index in [1.807, 2.05) is 20.0 Å². The largest absolute Gasteiger partial charge is 0.376 e. The van der Waals surface area contributed by atoms with Gasteiger partial charge in [0, 0.05) is 50.9 Å². The molecule has 5 rings (SSSR count). The standard InChI is InChI=1S/C24H30N4O5/c1-3-33-15-12-27(13-15)19-6-4-5-18(19)26(2)14-7-8-16-17(11-14)24(32)28(23(16)31)20-9-10-21(29)25-22(20)30/h7-8,11,15,18-20H,3-6,9-10,12-13H2,1-2H3,(H,25,29,30)/t18-,19-,20?/m1/s1. The molecule has 4 amide bonds. The molecule has 1 aromatic rings. The van der Waals surface area contributed by atoms with Crippen molar-refractivity contribution in [2.24, 2.45) is 0 Å². The van der Waals surface area contributed by atoms with Gasteiger partial charge in [0.1, 0.15) is 6.04 Å². The Morgan fingerprint density at radius 2 is 1.82 bits per heavy atom. The molecular formula is C24H30N4O5. The second-order valence-corrected chi connectivity index (χ2v) is 9.38. The molecule has 1 N–H and O–H groups in total. The molecule has 0 aromatic heterocycles. The van der Waals surface area contributed by atoms with Gasteiger partial charge >= 0.3 is 0 Å². The summed E-state index contributed by atoms with van der Waals surface area (Å²) in [6.45, 7) is 4.68. The molecule has 9 nitrogen and oxygen atoms in total. The van der Waals surface area contributed by atoms with E-state index in [4.69, 9.17) is 4.74 Å². The monoisotopic (exact) mass is 454 g/mol. The molecule has 1 saturated carbocycles. The normalized spacial score (nSPS) is 28.2. The number of ether oxygens (including phenoxy) is 1. The fraction of sp³-hybridized carbons (Fsp3) is 0.583. The van der Waals surface area contributed by atoms with E-state index in [0.717, 1.165) is 49.5 Å². The maximum atomic E-state index is 13.2. The molecule has 3 fully saturated rings. The van der Waals surface area contributed by atoms with Crippen LogP contribution in [0.15, 0.2) is 18.2 Å². The van der Waals surface area contributed by atoms with Gasteiger partial charge in [0.25, 0.3) is 11.8 Å². The summed E-state index contributed by atoms with van der Waals surface area (Å²) in [5.41, 5.74) is 1.52. The van der Waals surface area contributed by atoms with Crippen LogP contribution in [0.4, 0.5) is 5.69 Å². The van der Waals surface area contributed by atoms with Gasteiger partial charge in [0.2, 0.25) is 11.8 Å². The van der Waals surface area contributed by atoms with Crippen LogP contribution < -0.4 is 10.2 Å². The van der Waals surface area contributed by atoms with Gasteiger partial charge in [0.05, 0.1) is 17.2 Å². The minimum absolute atomic E-state index is 0.113. The number of fused-ring (bicyclic) bond motifs is 1. The summed E-state index contributed by atoms with van der Waals surface area (Å²) in [4.78, 5) is 55.6. The maximum absolute atomic E-state index is 13.2. The smallest absolute Gasteiger partial charge is 0.262 e. The molecule has 2 saturated heterocycles. The molecule has 3 heterocycles. The molecule has 4 aliphatic rings. The van der Waals surface area contributed by atoms with Crippen molar-refractivity contribution in [3.63, 3.8) is 0 Å². The zero-order valence-electron chi connectivity index (χ0n) is 19.1. The fourth-order valence-electron chi connectivity index (χ4n) is 5.75. The summed E-state index contributed by atoms with van der Waals surface area (Å²) in [6, 6.07) is 5.16. The number of rotatable bonds is 6. The van der Waals surface area contributed by atoms with E-state index in [1.165, 1.54) is 0 Å². The zero-order valence-corrected chi connectivity index (χ0v) is 19.1. The Balaban J connectivity index is 1.33. The number of hydrogen-bond acceptors (Lipinski definition) is 7. The van der Waals surface area contributed by atoms with Crippen molar-refractivity contribution in [1.82, 2.24) is 15.1 Å². The summed E-state index contributed by atoms with van der Waals surface area (Å²) >= 11 is 0. The average Bonchev–Trinajstić information content (AvgIpc) is 3.34. The second kappa shape index (κ2) is 8.53. The fourth-order valence-corrected chi connectivity index (χ4v) is 5.75. The van der Waals surface area contributed by atoms with Crippen molar-refractivity contribution < 1.29 is 23.9 Å². The maximum Gasteiger partial charge on any atom is 0.262 e. The minimum atomic E-state index is -0.944. The molecule has 33 heavy (non-hydrogen) atoms. The third-order valence-electron chi connectivity index (χ3n) is 7.52. The van der Waals surface area contributed by atoms with Crippen LogP contribution in [0.5, 0.6) is 0 Å². The molecule has 9 heteroatoms. The first-order valence-corrected chi connectivity index (χ1v) is 11.8. The van der Waals surface area contributed by atoms with E-state index in [1.54, 1.807) is 12.1 Å². The van der Waals surface area contributed by atoms with Gasteiger partial charge in [-0.15, -0.1) is 0 Å². The Hall–Kier alpha value is -2.78. The average molecular weight is 455 g/mol. The first-order chi connectivity index (χ1) is 15.9. The van der Waals surface area contributed by atoms with E-state index >= 15 is 0 Å². The number of amides is 4. The molecule has 0 bridgehead atoms. The number of piperidine rings is 1. The van der Waals surface area contributed by atoms with Crippen LogP contribution in [-0.4, -0.2) is 84.4 Å². The van der Waals surface area contributed by atoms with Gasteiger partial charge in [0.15, 0.2) is 0 Å². The van der Waals surface area contributed by atoms with Gasteiger partial charge in [-0.2, -0.15) is 0 Å². The van der Waals surface area contributed by atoms with Gasteiger partial charge in [-0.05, 0) is 50.8 Å². The third kappa shape index (κ3) is 3.73. The Bertz CT molecular complexity index is 1000. The third-order valence-corrected chi connectivity index (χ3v) is 7.52. The van der Waals surface area contributed by atoms with Crippen molar-refractivity contribution in [2.45, 2.75) is 63.3 Å². The number of likely N-dealkylation sites (tertiary alicyclic amines) is 1. The van der Waals surface area contributed by atoms with Crippen molar-refractivity contribution in [3.8, 4) is 0 Å². The van der Waals surface area contributed by atoms with E-state index in [2.05, 4.69) is 15.1 Å². The molecular weight excluding hydrogens is 424 g/mol. The summed E-state index contributed by atoms with van der Waals surface area (Å²) in [6.07, 6.45) is 3.96. The molecule has 1 aliphatic carbocycles. The quantitative estimate of drug-likeness (QED) is 0.644. The predicted molar refractivity (Wildman–Crippen MR) is 120 cm³/mol. The van der Waals surface area contributed by atoms with Crippen LogP contribution in [0, 0.1) is 0 Å². The summed E-state index contributed by atoms with van der Waals surface area (Å²) in [5, 5.41) is 2.23. The predicted octanol–water partition coefficient (Wildman–Crippen LogP) is 1.17. The molecule has 0 spiro atoms.